The van der Waals surface area contributed by atoms with E-state index in [1.54, 1.807) is 13.8 Å². The third kappa shape index (κ3) is 4.75. The molecule has 0 aromatic carbocycles. The number of nitrogens with two attached hydrogens (primary N) is 1. The SMILES string of the molecule is C#CC(C)(C)NC(=O)CCCN. The van der Waals surface area contributed by atoms with Gasteiger partial charge in [0, 0.05) is 6.42 Å². The van der Waals surface area contributed by atoms with Crippen molar-refractivity contribution in [3.8, 4) is 12.3 Å². The topological polar surface area (TPSA) is 55.1 Å². The monoisotopic (exact) mass is 168 g/mol. The zero-order valence-corrected chi connectivity index (χ0v) is 7.68. The lowest BCUT2D eigenvalue weighted by Gasteiger charge is -2.19. The van der Waals surface area contributed by atoms with E-state index in [1.807, 2.05) is 0 Å². The molecule has 0 rings (SSSR count). The quantitative estimate of drug-likeness (QED) is 0.591. The van der Waals surface area contributed by atoms with Gasteiger partial charge in [0.05, 0.1) is 5.54 Å². The van der Waals surface area contributed by atoms with Crippen LogP contribution in [0.5, 0.6) is 0 Å². The summed E-state index contributed by atoms with van der Waals surface area (Å²) in [7, 11) is 0. The van der Waals surface area contributed by atoms with Crippen molar-refractivity contribution in [1.82, 2.24) is 5.32 Å². The van der Waals surface area contributed by atoms with E-state index in [0.29, 0.717) is 19.4 Å². The van der Waals surface area contributed by atoms with Crippen molar-refractivity contribution < 1.29 is 4.79 Å². The Balaban J connectivity index is 3.78. The smallest absolute Gasteiger partial charge is 0.221 e. The van der Waals surface area contributed by atoms with Gasteiger partial charge in [0.15, 0.2) is 0 Å². The highest BCUT2D eigenvalue weighted by molar-refractivity contribution is 5.77. The predicted octanol–water partition coefficient (Wildman–Crippen LogP) is 0.253. The minimum Gasteiger partial charge on any atom is -0.340 e. The lowest BCUT2D eigenvalue weighted by Crippen LogP contribution is -2.42. The van der Waals surface area contributed by atoms with E-state index in [-0.39, 0.29) is 5.91 Å². The molecule has 0 aliphatic heterocycles. The molecule has 0 atom stereocenters. The number of rotatable bonds is 4. The molecule has 3 heteroatoms. The first-order valence-electron chi connectivity index (χ1n) is 4.00. The van der Waals surface area contributed by atoms with Gasteiger partial charge in [-0.15, -0.1) is 6.42 Å². The summed E-state index contributed by atoms with van der Waals surface area (Å²) in [5.41, 5.74) is 4.70. The number of nitrogens with one attached hydrogen (secondary N) is 1. The Hall–Kier alpha value is -1.01. The molecular formula is C9H16N2O. The highest BCUT2D eigenvalue weighted by Gasteiger charge is 2.15. The van der Waals surface area contributed by atoms with Gasteiger partial charge in [0.1, 0.15) is 0 Å². The van der Waals surface area contributed by atoms with Crippen LogP contribution >= 0.6 is 0 Å². The molecule has 3 nitrogen and oxygen atoms in total. The van der Waals surface area contributed by atoms with Gasteiger partial charge < -0.3 is 11.1 Å². The number of terminal acetylenes is 1. The molecule has 0 unspecified atom stereocenters. The van der Waals surface area contributed by atoms with E-state index in [0.717, 1.165) is 0 Å². The summed E-state index contributed by atoms with van der Waals surface area (Å²) in [5, 5.41) is 2.71. The Morgan fingerprint density at radius 1 is 1.67 bits per heavy atom. The van der Waals surface area contributed by atoms with Crippen molar-refractivity contribution in [3.63, 3.8) is 0 Å². The number of amides is 1. The highest BCUT2D eigenvalue weighted by Crippen LogP contribution is 1.99. The van der Waals surface area contributed by atoms with Crippen LogP contribution in [0.3, 0.4) is 0 Å². The summed E-state index contributed by atoms with van der Waals surface area (Å²) in [6.45, 7) is 4.10. The van der Waals surface area contributed by atoms with Crippen molar-refractivity contribution in [2.24, 2.45) is 5.73 Å². The first-order valence-corrected chi connectivity index (χ1v) is 4.00. The summed E-state index contributed by atoms with van der Waals surface area (Å²) in [5.74, 6) is 2.45. The first kappa shape index (κ1) is 11.0. The maximum absolute atomic E-state index is 11.1. The van der Waals surface area contributed by atoms with E-state index in [1.165, 1.54) is 0 Å². The maximum Gasteiger partial charge on any atom is 0.221 e. The summed E-state index contributed by atoms with van der Waals surface area (Å²) in [6, 6.07) is 0. The molecule has 3 N–H and O–H groups in total. The van der Waals surface area contributed by atoms with E-state index in [4.69, 9.17) is 12.2 Å². The van der Waals surface area contributed by atoms with Crippen LogP contribution in [0, 0.1) is 12.3 Å². The standard InChI is InChI=1S/C9H16N2O/c1-4-9(2,3)11-8(12)6-5-7-10/h1H,5-7,10H2,2-3H3,(H,11,12). The van der Waals surface area contributed by atoms with Crippen molar-refractivity contribution in [1.29, 1.82) is 0 Å². The molecule has 0 aromatic heterocycles. The lowest BCUT2D eigenvalue weighted by molar-refractivity contribution is -0.122. The molecule has 12 heavy (non-hydrogen) atoms. The van der Waals surface area contributed by atoms with E-state index in [9.17, 15) is 4.79 Å². The lowest BCUT2D eigenvalue weighted by atomic mass is 10.1. The van der Waals surface area contributed by atoms with Gasteiger partial charge in [-0.2, -0.15) is 0 Å². The van der Waals surface area contributed by atoms with Crippen molar-refractivity contribution in [2.45, 2.75) is 32.2 Å². The van der Waals surface area contributed by atoms with Crippen LogP contribution in [0.25, 0.3) is 0 Å². The molecule has 0 spiro atoms. The average molecular weight is 168 g/mol. The van der Waals surface area contributed by atoms with E-state index < -0.39 is 5.54 Å². The fourth-order valence-corrected chi connectivity index (χ4v) is 0.710. The zero-order chi connectivity index (χ0) is 9.61. The summed E-state index contributed by atoms with van der Waals surface area (Å²) >= 11 is 0. The molecule has 68 valence electrons. The fraction of sp³-hybridized carbons (Fsp3) is 0.667. The van der Waals surface area contributed by atoms with Crippen molar-refractivity contribution >= 4 is 5.91 Å². The summed E-state index contributed by atoms with van der Waals surface area (Å²) in [6.07, 6.45) is 6.34. The Bertz CT molecular complexity index is 191. The van der Waals surface area contributed by atoms with Gasteiger partial charge in [0.25, 0.3) is 0 Å². The van der Waals surface area contributed by atoms with Gasteiger partial charge in [-0.05, 0) is 26.8 Å². The second kappa shape index (κ2) is 4.78. The highest BCUT2D eigenvalue weighted by atomic mass is 16.1. The molecule has 0 aliphatic rings. The largest absolute Gasteiger partial charge is 0.340 e. The molecule has 0 bridgehead atoms. The number of carbonyl (C=O) groups is 1. The van der Waals surface area contributed by atoms with Crippen LogP contribution in [0.1, 0.15) is 26.7 Å². The zero-order valence-electron chi connectivity index (χ0n) is 7.68. The number of hydrogen-bond donors (Lipinski definition) is 2. The normalized spacial score (nSPS) is 10.5. The number of carbonyl (C=O) groups excluding carboxylic acids is 1. The molecule has 0 heterocycles. The van der Waals surface area contributed by atoms with Gasteiger partial charge in [-0.1, -0.05) is 5.92 Å². The van der Waals surface area contributed by atoms with Crippen LogP contribution < -0.4 is 11.1 Å². The molecule has 0 aliphatic carbocycles. The summed E-state index contributed by atoms with van der Waals surface area (Å²) in [4.78, 5) is 11.1. The summed E-state index contributed by atoms with van der Waals surface area (Å²) < 4.78 is 0. The van der Waals surface area contributed by atoms with Crippen molar-refractivity contribution in [3.05, 3.63) is 0 Å². The second-order valence-corrected chi connectivity index (χ2v) is 3.21. The molecule has 0 fully saturated rings. The van der Waals surface area contributed by atoms with Gasteiger partial charge in [-0.25, -0.2) is 0 Å². The van der Waals surface area contributed by atoms with E-state index >= 15 is 0 Å². The average Bonchev–Trinajstić information content (AvgIpc) is 2.00. The molecule has 0 saturated carbocycles. The van der Waals surface area contributed by atoms with Crippen LogP contribution in [0.4, 0.5) is 0 Å². The molecular weight excluding hydrogens is 152 g/mol. The molecule has 0 radical (unpaired) electrons. The third-order valence-corrected chi connectivity index (χ3v) is 1.42. The second-order valence-electron chi connectivity index (χ2n) is 3.21. The third-order valence-electron chi connectivity index (χ3n) is 1.42. The first-order chi connectivity index (χ1) is 5.52. The van der Waals surface area contributed by atoms with Gasteiger partial charge >= 0.3 is 0 Å². The predicted molar refractivity (Wildman–Crippen MR) is 49.3 cm³/mol. The maximum atomic E-state index is 11.1. The van der Waals surface area contributed by atoms with Crippen LogP contribution in [0.2, 0.25) is 0 Å². The minimum atomic E-state index is -0.550. The Morgan fingerprint density at radius 3 is 2.67 bits per heavy atom. The number of hydrogen-bond acceptors (Lipinski definition) is 2. The Labute approximate surface area is 73.7 Å². The Morgan fingerprint density at radius 2 is 2.25 bits per heavy atom. The van der Waals surface area contributed by atoms with Crippen LogP contribution in [-0.4, -0.2) is 18.0 Å². The van der Waals surface area contributed by atoms with Gasteiger partial charge in [0.2, 0.25) is 5.91 Å². The fourth-order valence-electron chi connectivity index (χ4n) is 0.710. The molecule has 1 amide bonds. The van der Waals surface area contributed by atoms with E-state index in [2.05, 4.69) is 11.2 Å². The van der Waals surface area contributed by atoms with Crippen molar-refractivity contribution in [2.75, 3.05) is 6.54 Å². The Kier molecular flexibility index (Phi) is 4.38. The van der Waals surface area contributed by atoms with Crippen LogP contribution in [-0.2, 0) is 4.79 Å². The minimum absolute atomic E-state index is 0.0385. The van der Waals surface area contributed by atoms with Gasteiger partial charge in [-0.3, -0.25) is 4.79 Å². The molecule has 0 aromatic rings. The van der Waals surface area contributed by atoms with Crippen LogP contribution in [0.15, 0.2) is 0 Å². The molecule has 0 saturated heterocycles.